The van der Waals surface area contributed by atoms with Gasteiger partial charge in [-0.1, -0.05) is 0 Å². The van der Waals surface area contributed by atoms with E-state index in [1.165, 1.54) is 0 Å². The fraction of sp³-hybridized carbons (Fsp3) is 0.300. The quantitative estimate of drug-likeness (QED) is 0.298. The summed E-state index contributed by atoms with van der Waals surface area (Å²) in [6.07, 6.45) is 9.66. The smallest absolute Gasteiger partial charge is 0.258 e. The van der Waals surface area contributed by atoms with E-state index in [4.69, 9.17) is 4.74 Å². The molecule has 0 radical (unpaired) electrons. The largest absolute Gasteiger partial charge is 0.378 e. The van der Waals surface area contributed by atoms with Gasteiger partial charge in [-0.3, -0.25) is 4.79 Å². The number of fused-ring (bicyclic) bond motifs is 2. The number of morpholine rings is 1. The molecule has 5 heterocycles. The van der Waals surface area contributed by atoms with Crippen LogP contribution in [0.15, 0.2) is 61.3 Å². The molecule has 9 heteroatoms. The van der Waals surface area contributed by atoms with Gasteiger partial charge in [0.05, 0.1) is 30.2 Å². The zero-order valence-corrected chi connectivity index (χ0v) is 23.9. The predicted molar refractivity (Wildman–Crippen MR) is 161 cm³/mol. The maximum atomic E-state index is 13.9. The van der Waals surface area contributed by atoms with E-state index in [-0.39, 0.29) is 11.9 Å². The van der Waals surface area contributed by atoms with Gasteiger partial charge in [0.1, 0.15) is 5.65 Å². The van der Waals surface area contributed by atoms with E-state index >= 15 is 0 Å². The molecule has 1 aromatic carbocycles. The number of amides is 1. The maximum absolute atomic E-state index is 13.9. The second-order valence-corrected chi connectivity index (χ2v) is 11.0. The number of hydrogen-bond donors (Lipinski definition) is 0. The Kier molecular flexibility index (Phi) is 6.61. The third-order valence-corrected chi connectivity index (χ3v) is 8.04. The van der Waals surface area contributed by atoms with E-state index < -0.39 is 0 Å². The average molecular weight is 541 g/mol. The molecule has 1 fully saturated rings. The summed E-state index contributed by atoms with van der Waals surface area (Å²) in [4.78, 5) is 27.1. The molecule has 0 saturated carbocycles. The van der Waals surface area contributed by atoms with Crippen LogP contribution in [0.25, 0.3) is 27.8 Å². The predicted octanol–water partition coefficient (Wildman–Crippen LogP) is 4.85. The van der Waals surface area contributed by atoms with Gasteiger partial charge in [0.2, 0.25) is 0 Å². The van der Waals surface area contributed by atoms with Gasteiger partial charge in [-0.05, 0) is 67.5 Å². The topological polar surface area (TPSA) is 67.9 Å². The van der Waals surface area contributed by atoms with Gasteiger partial charge in [0.15, 0.2) is 5.65 Å². The van der Waals surface area contributed by atoms with Crippen LogP contribution in [-0.4, -0.2) is 58.2 Å². The Labute approximate surface area is 230 Å². The number of pyridine rings is 2. The molecular formula is C30H33N6O2P. The summed E-state index contributed by atoms with van der Waals surface area (Å²) in [7, 11) is 4.64. The molecule has 1 atom stereocenters. The van der Waals surface area contributed by atoms with Gasteiger partial charge in [-0.2, -0.15) is 0 Å². The van der Waals surface area contributed by atoms with E-state index in [0.717, 1.165) is 63.1 Å². The lowest BCUT2D eigenvalue weighted by Gasteiger charge is -2.29. The van der Waals surface area contributed by atoms with Crippen molar-refractivity contribution in [1.82, 2.24) is 18.9 Å². The molecule has 1 unspecified atom stereocenters. The average Bonchev–Trinajstić information content (AvgIpc) is 3.59. The molecule has 6 rings (SSSR count). The highest BCUT2D eigenvalue weighted by Crippen LogP contribution is 2.33. The molecule has 1 saturated heterocycles. The van der Waals surface area contributed by atoms with Gasteiger partial charge >= 0.3 is 0 Å². The Bertz CT molecular complexity index is 1700. The van der Waals surface area contributed by atoms with Crippen molar-refractivity contribution >= 4 is 48.5 Å². The van der Waals surface area contributed by atoms with Crippen molar-refractivity contribution in [3.8, 4) is 11.1 Å². The SMILES string of the molecule is Cc1cc(P)c(N(C)C(=O)c2ccnc3c2ccn3C(C)C)cc1-c1cc(N2CCOCC2)c2nccn2c1. The molecule has 1 amide bonds. The number of nitrogens with zero attached hydrogens (tertiary/aromatic N) is 6. The molecule has 8 nitrogen and oxygen atoms in total. The normalized spacial score (nSPS) is 14.1. The zero-order valence-electron chi connectivity index (χ0n) is 22.8. The molecule has 39 heavy (non-hydrogen) atoms. The lowest BCUT2D eigenvalue weighted by Crippen LogP contribution is -2.36. The number of imidazole rings is 1. The van der Waals surface area contributed by atoms with E-state index in [1.54, 1.807) is 11.1 Å². The molecule has 0 bridgehead atoms. The minimum absolute atomic E-state index is 0.0681. The third kappa shape index (κ3) is 4.48. The first-order chi connectivity index (χ1) is 18.8. The first-order valence-corrected chi connectivity index (χ1v) is 13.8. The standard InChI is InChI=1S/C30H33N6O2P/c1-19(2)36-9-6-22-23(5-7-31-28(22)36)30(37)33(4)25-17-24(20(3)15-27(25)39)21-16-26(34-11-13-38-14-12-34)29-32-8-10-35(29)18-21/h5-10,15-19H,11-14,39H2,1-4H3. The van der Waals surface area contributed by atoms with Crippen molar-refractivity contribution in [2.45, 2.75) is 26.8 Å². The van der Waals surface area contributed by atoms with Gasteiger partial charge in [-0.15, -0.1) is 9.24 Å². The molecule has 5 aromatic rings. The molecule has 0 N–H and O–H groups in total. The van der Waals surface area contributed by atoms with E-state index in [2.05, 4.69) is 78.2 Å². The Morgan fingerprint density at radius 1 is 1.05 bits per heavy atom. The molecule has 1 aliphatic heterocycles. The number of aryl methyl sites for hydroxylation is 1. The summed E-state index contributed by atoms with van der Waals surface area (Å²) >= 11 is 0. The van der Waals surface area contributed by atoms with Gasteiger partial charge in [0.25, 0.3) is 5.91 Å². The monoisotopic (exact) mass is 540 g/mol. The molecular weight excluding hydrogens is 507 g/mol. The van der Waals surface area contributed by atoms with Crippen molar-refractivity contribution < 1.29 is 9.53 Å². The van der Waals surface area contributed by atoms with Crippen molar-refractivity contribution in [2.24, 2.45) is 0 Å². The van der Waals surface area contributed by atoms with Crippen LogP contribution in [0.4, 0.5) is 11.4 Å². The number of ether oxygens (including phenoxy) is 1. The van der Waals surface area contributed by atoms with Crippen molar-refractivity contribution in [2.75, 3.05) is 43.2 Å². The van der Waals surface area contributed by atoms with Crippen LogP contribution >= 0.6 is 9.24 Å². The summed E-state index contributed by atoms with van der Waals surface area (Å²) in [6, 6.07) is 10.5. The fourth-order valence-corrected chi connectivity index (χ4v) is 6.00. The van der Waals surface area contributed by atoms with Gasteiger partial charge in [0, 0.05) is 68.1 Å². The maximum Gasteiger partial charge on any atom is 0.258 e. The minimum Gasteiger partial charge on any atom is -0.378 e. The van der Waals surface area contributed by atoms with Crippen LogP contribution < -0.4 is 15.1 Å². The summed E-state index contributed by atoms with van der Waals surface area (Å²) in [6.45, 7) is 9.41. The second-order valence-electron chi connectivity index (χ2n) is 10.4. The number of benzene rings is 1. The van der Waals surface area contributed by atoms with Crippen LogP contribution in [0.3, 0.4) is 0 Å². The highest BCUT2D eigenvalue weighted by Gasteiger charge is 2.22. The third-order valence-electron chi connectivity index (χ3n) is 7.57. The zero-order chi connectivity index (χ0) is 27.3. The number of rotatable bonds is 5. The fourth-order valence-electron chi connectivity index (χ4n) is 5.47. The van der Waals surface area contributed by atoms with Crippen LogP contribution in [0.2, 0.25) is 0 Å². The Morgan fingerprint density at radius 2 is 1.82 bits per heavy atom. The van der Waals surface area contributed by atoms with Crippen LogP contribution in [0.1, 0.15) is 35.8 Å². The lowest BCUT2D eigenvalue weighted by atomic mass is 10.00. The highest BCUT2D eigenvalue weighted by atomic mass is 31.0. The summed E-state index contributed by atoms with van der Waals surface area (Å²) in [5.74, 6) is -0.0681. The summed E-state index contributed by atoms with van der Waals surface area (Å²) in [5.41, 5.74) is 7.62. The Hall–Kier alpha value is -3.74. The van der Waals surface area contributed by atoms with Crippen LogP contribution in [0, 0.1) is 6.92 Å². The second kappa shape index (κ2) is 10.1. The van der Waals surface area contributed by atoms with E-state index in [9.17, 15) is 4.79 Å². The first-order valence-electron chi connectivity index (χ1n) is 13.3. The number of aromatic nitrogens is 4. The summed E-state index contributed by atoms with van der Waals surface area (Å²) in [5, 5.41) is 1.83. The number of hydrogen-bond acceptors (Lipinski definition) is 5. The molecule has 1 aliphatic rings. The van der Waals surface area contributed by atoms with Gasteiger partial charge in [-0.25, -0.2) is 9.97 Å². The molecule has 0 aliphatic carbocycles. The van der Waals surface area contributed by atoms with Crippen LogP contribution in [-0.2, 0) is 4.74 Å². The number of anilines is 2. The highest BCUT2D eigenvalue weighted by molar-refractivity contribution is 7.28. The van der Waals surface area contributed by atoms with Crippen LogP contribution in [0.5, 0.6) is 0 Å². The van der Waals surface area contributed by atoms with Gasteiger partial charge < -0.3 is 23.5 Å². The minimum atomic E-state index is -0.0681. The van der Waals surface area contributed by atoms with Crippen molar-refractivity contribution in [3.63, 3.8) is 0 Å². The first kappa shape index (κ1) is 25.5. The number of carbonyl (C=O) groups excluding carboxylic acids is 1. The van der Waals surface area contributed by atoms with E-state index in [1.807, 2.05) is 37.8 Å². The van der Waals surface area contributed by atoms with Crippen molar-refractivity contribution in [1.29, 1.82) is 0 Å². The summed E-state index contributed by atoms with van der Waals surface area (Å²) < 4.78 is 9.76. The van der Waals surface area contributed by atoms with E-state index in [0.29, 0.717) is 18.8 Å². The molecule has 0 spiro atoms. The Balaban J connectivity index is 1.42. The van der Waals surface area contributed by atoms with Crippen molar-refractivity contribution in [3.05, 3.63) is 72.4 Å². The lowest BCUT2D eigenvalue weighted by molar-refractivity contribution is 0.0994. The number of carbonyl (C=O) groups is 1. The molecule has 4 aromatic heterocycles. The molecule has 200 valence electrons. The Morgan fingerprint density at radius 3 is 2.59 bits per heavy atom.